The van der Waals surface area contributed by atoms with E-state index in [0.717, 1.165) is 60.7 Å². The van der Waals surface area contributed by atoms with Crippen molar-refractivity contribution in [3.63, 3.8) is 0 Å². The molecule has 0 radical (unpaired) electrons. The standard InChI is InChI=1S/C32H45NO4/c1-4-7-10-11-12-16-21-33-29-24-27(35-22-8-5-2)19-20-28(29)30(31(32(33)34)36-23-9-6-3)37-25-26-17-14-13-15-18-26/h13-15,17-20,24H,4-12,16,21-23,25H2,1-3H3. The molecule has 0 unspecified atom stereocenters. The Morgan fingerprint density at radius 1 is 0.676 bits per heavy atom. The lowest BCUT2D eigenvalue weighted by molar-refractivity contribution is 0.257. The Morgan fingerprint density at radius 3 is 2.08 bits per heavy atom. The van der Waals surface area contributed by atoms with Gasteiger partial charge in [0.15, 0.2) is 5.75 Å². The van der Waals surface area contributed by atoms with Gasteiger partial charge in [-0.3, -0.25) is 4.79 Å². The highest BCUT2D eigenvalue weighted by atomic mass is 16.5. The van der Waals surface area contributed by atoms with Gasteiger partial charge in [-0.05, 0) is 37.0 Å². The Morgan fingerprint density at radius 2 is 1.35 bits per heavy atom. The number of ether oxygens (including phenoxy) is 3. The van der Waals surface area contributed by atoms with E-state index in [2.05, 4.69) is 20.8 Å². The van der Waals surface area contributed by atoms with E-state index in [1.54, 1.807) is 0 Å². The highest BCUT2D eigenvalue weighted by molar-refractivity contribution is 5.89. The smallest absolute Gasteiger partial charge is 0.297 e. The number of unbranched alkanes of at least 4 members (excludes halogenated alkanes) is 7. The molecule has 0 N–H and O–H groups in total. The highest BCUT2D eigenvalue weighted by Gasteiger charge is 2.20. The minimum Gasteiger partial charge on any atom is -0.494 e. The first-order valence-electron chi connectivity index (χ1n) is 14.3. The molecular formula is C32H45NO4. The first-order chi connectivity index (χ1) is 18.2. The second-order valence-corrected chi connectivity index (χ2v) is 9.74. The predicted molar refractivity (Wildman–Crippen MR) is 153 cm³/mol. The fourth-order valence-corrected chi connectivity index (χ4v) is 4.39. The number of rotatable bonds is 18. The average Bonchev–Trinajstić information content (AvgIpc) is 2.92. The summed E-state index contributed by atoms with van der Waals surface area (Å²) in [6.45, 7) is 8.69. The number of aryl methyl sites for hydroxylation is 1. The lowest BCUT2D eigenvalue weighted by atomic mass is 10.1. The molecule has 0 aliphatic heterocycles. The van der Waals surface area contributed by atoms with Gasteiger partial charge >= 0.3 is 0 Å². The van der Waals surface area contributed by atoms with Gasteiger partial charge in [0.1, 0.15) is 12.4 Å². The molecule has 1 heterocycles. The number of fused-ring (bicyclic) bond motifs is 1. The number of nitrogens with zero attached hydrogens (tertiary/aromatic N) is 1. The normalized spacial score (nSPS) is 11.1. The summed E-state index contributed by atoms with van der Waals surface area (Å²) in [6.07, 6.45) is 11.0. The van der Waals surface area contributed by atoms with Crippen molar-refractivity contribution < 1.29 is 14.2 Å². The van der Waals surface area contributed by atoms with Crippen molar-refractivity contribution >= 4 is 10.9 Å². The van der Waals surface area contributed by atoms with Crippen LogP contribution in [0.5, 0.6) is 17.2 Å². The largest absolute Gasteiger partial charge is 0.494 e. The maximum absolute atomic E-state index is 13.9. The fourth-order valence-electron chi connectivity index (χ4n) is 4.39. The first-order valence-corrected chi connectivity index (χ1v) is 14.3. The van der Waals surface area contributed by atoms with Crippen LogP contribution in [0.3, 0.4) is 0 Å². The number of pyridine rings is 1. The van der Waals surface area contributed by atoms with Crippen molar-refractivity contribution in [2.45, 2.75) is 98.1 Å². The number of hydrogen-bond acceptors (Lipinski definition) is 4. The molecule has 3 rings (SSSR count). The van der Waals surface area contributed by atoms with Gasteiger partial charge in [-0.2, -0.15) is 0 Å². The summed E-state index contributed by atoms with van der Waals surface area (Å²) in [5.41, 5.74) is 1.77. The van der Waals surface area contributed by atoms with Crippen LogP contribution in [0.15, 0.2) is 53.3 Å². The summed E-state index contributed by atoms with van der Waals surface area (Å²) >= 11 is 0. The van der Waals surface area contributed by atoms with Crippen molar-refractivity contribution in [3.05, 3.63) is 64.4 Å². The molecule has 5 heteroatoms. The lowest BCUT2D eigenvalue weighted by Crippen LogP contribution is -2.24. The third-order valence-corrected chi connectivity index (χ3v) is 6.62. The molecule has 0 atom stereocenters. The third kappa shape index (κ3) is 8.55. The van der Waals surface area contributed by atoms with Crippen LogP contribution in [-0.4, -0.2) is 17.8 Å². The summed E-state index contributed by atoms with van der Waals surface area (Å²) in [4.78, 5) is 13.9. The van der Waals surface area contributed by atoms with E-state index in [1.165, 1.54) is 25.7 Å². The van der Waals surface area contributed by atoms with Gasteiger partial charge in [-0.25, -0.2) is 0 Å². The van der Waals surface area contributed by atoms with Crippen molar-refractivity contribution in [2.75, 3.05) is 13.2 Å². The van der Waals surface area contributed by atoms with Gasteiger partial charge in [0, 0.05) is 18.0 Å². The van der Waals surface area contributed by atoms with Crippen molar-refractivity contribution in [1.29, 1.82) is 0 Å². The molecule has 0 spiro atoms. The van der Waals surface area contributed by atoms with Crippen LogP contribution in [0.1, 0.15) is 90.5 Å². The summed E-state index contributed by atoms with van der Waals surface area (Å²) in [5.74, 6) is 1.63. The molecule has 0 bridgehead atoms. The van der Waals surface area contributed by atoms with Crippen LogP contribution in [0, 0.1) is 0 Å². The van der Waals surface area contributed by atoms with Gasteiger partial charge in [0.2, 0.25) is 5.75 Å². The van der Waals surface area contributed by atoms with E-state index < -0.39 is 0 Å². The number of aromatic nitrogens is 1. The van der Waals surface area contributed by atoms with E-state index in [0.29, 0.717) is 37.9 Å². The van der Waals surface area contributed by atoms with Crippen molar-refractivity contribution in [1.82, 2.24) is 4.57 Å². The van der Waals surface area contributed by atoms with Crippen LogP contribution in [0.25, 0.3) is 10.9 Å². The zero-order valence-electron chi connectivity index (χ0n) is 23.1. The summed E-state index contributed by atoms with van der Waals surface area (Å²) < 4.78 is 20.3. The van der Waals surface area contributed by atoms with Crippen molar-refractivity contribution in [2.24, 2.45) is 0 Å². The molecule has 0 saturated heterocycles. The molecular weight excluding hydrogens is 462 g/mol. The van der Waals surface area contributed by atoms with Gasteiger partial charge in [0.25, 0.3) is 5.56 Å². The molecule has 0 saturated carbocycles. The van der Waals surface area contributed by atoms with E-state index in [-0.39, 0.29) is 5.56 Å². The Hall–Kier alpha value is -2.95. The maximum Gasteiger partial charge on any atom is 0.297 e. The van der Waals surface area contributed by atoms with Crippen molar-refractivity contribution in [3.8, 4) is 17.2 Å². The molecule has 3 aromatic rings. The zero-order chi connectivity index (χ0) is 26.3. The lowest BCUT2D eigenvalue weighted by Gasteiger charge is -2.19. The second kappa shape index (κ2) is 16.0. The SMILES string of the molecule is CCCCCCCCn1c(=O)c(OCCCC)c(OCc2ccccc2)c2ccc(OCCCC)cc21. The molecule has 0 aliphatic rings. The molecule has 5 nitrogen and oxygen atoms in total. The molecule has 0 amide bonds. The maximum atomic E-state index is 13.9. The van der Waals surface area contributed by atoms with E-state index >= 15 is 0 Å². The Kier molecular flexibility index (Phi) is 12.4. The molecule has 1 aromatic heterocycles. The fraction of sp³-hybridized carbons (Fsp3) is 0.531. The number of benzene rings is 2. The summed E-state index contributed by atoms with van der Waals surface area (Å²) in [6, 6.07) is 16.0. The monoisotopic (exact) mass is 507 g/mol. The molecule has 202 valence electrons. The Bertz CT molecular complexity index is 1120. The van der Waals surface area contributed by atoms with Gasteiger partial charge < -0.3 is 18.8 Å². The predicted octanol–water partition coefficient (Wildman–Crippen LogP) is 8.30. The van der Waals surface area contributed by atoms with E-state index in [9.17, 15) is 4.79 Å². The second-order valence-electron chi connectivity index (χ2n) is 9.74. The summed E-state index contributed by atoms with van der Waals surface area (Å²) in [5, 5.41) is 0.885. The Balaban J connectivity index is 2.00. The zero-order valence-corrected chi connectivity index (χ0v) is 23.1. The minimum absolute atomic E-state index is 0.120. The van der Waals surface area contributed by atoms with Crippen LogP contribution in [0.4, 0.5) is 0 Å². The van der Waals surface area contributed by atoms with Gasteiger partial charge in [-0.1, -0.05) is 96.0 Å². The third-order valence-electron chi connectivity index (χ3n) is 6.62. The van der Waals surface area contributed by atoms with Crippen LogP contribution in [-0.2, 0) is 13.2 Å². The molecule has 0 fully saturated rings. The minimum atomic E-state index is -0.120. The van der Waals surface area contributed by atoms with Gasteiger partial charge in [0.05, 0.1) is 18.7 Å². The van der Waals surface area contributed by atoms with Crippen LogP contribution >= 0.6 is 0 Å². The topological polar surface area (TPSA) is 49.7 Å². The average molecular weight is 508 g/mol. The Labute approximate surface area is 222 Å². The molecule has 2 aromatic carbocycles. The summed E-state index contributed by atoms with van der Waals surface area (Å²) in [7, 11) is 0. The molecule has 37 heavy (non-hydrogen) atoms. The van der Waals surface area contributed by atoms with E-state index in [4.69, 9.17) is 14.2 Å². The first kappa shape index (κ1) is 28.6. The number of hydrogen-bond donors (Lipinski definition) is 0. The van der Waals surface area contributed by atoms with E-state index in [1.807, 2.05) is 53.1 Å². The van der Waals surface area contributed by atoms with Gasteiger partial charge in [-0.15, -0.1) is 0 Å². The van der Waals surface area contributed by atoms with Crippen LogP contribution < -0.4 is 19.8 Å². The molecule has 0 aliphatic carbocycles. The quantitative estimate of drug-likeness (QED) is 0.162. The highest BCUT2D eigenvalue weighted by Crippen LogP contribution is 2.36. The van der Waals surface area contributed by atoms with Crippen LogP contribution in [0.2, 0.25) is 0 Å².